The van der Waals surface area contributed by atoms with Gasteiger partial charge in [-0.05, 0) is 32.8 Å². The lowest BCUT2D eigenvalue weighted by atomic mass is 9.79. The minimum Gasteiger partial charge on any atom is -0.462 e. The van der Waals surface area contributed by atoms with Crippen LogP contribution in [0, 0.1) is 11.8 Å². The third-order valence-corrected chi connectivity index (χ3v) is 3.75. The molecule has 1 aliphatic carbocycles. The summed E-state index contributed by atoms with van der Waals surface area (Å²) in [6.45, 7) is 7.64. The van der Waals surface area contributed by atoms with Crippen molar-refractivity contribution >= 4 is 11.9 Å². The summed E-state index contributed by atoms with van der Waals surface area (Å²) in [4.78, 5) is 23.7. The molecule has 0 aliphatic heterocycles. The zero-order chi connectivity index (χ0) is 16.4. The van der Waals surface area contributed by atoms with E-state index in [-0.39, 0.29) is 31.0 Å². The summed E-state index contributed by atoms with van der Waals surface area (Å²) in [5, 5.41) is 0. The van der Waals surface area contributed by atoms with Crippen LogP contribution in [0.15, 0.2) is 36.5 Å². The standard InChI is InChI=1S/C18H26O4/c1-4-5-6-9-12-21-18(20)16-11-8-7-10-15(16)13-22-17(19)14(2)3/h4-6,9,15-16H,2,7-8,10-13H2,1,3H3/b5-4+,9-6+/t15-,16+/m0/s1. The average molecular weight is 306 g/mol. The predicted molar refractivity (Wildman–Crippen MR) is 86.1 cm³/mol. The van der Waals surface area contributed by atoms with E-state index >= 15 is 0 Å². The predicted octanol–water partition coefficient (Wildman–Crippen LogP) is 3.59. The molecule has 0 amide bonds. The molecule has 1 rings (SSSR count). The van der Waals surface area contributed by atoms with Crippen molar-refractivity contribution in [2.45, 2.75) is 39.5 Å². The molecule has 1 fully saturated rings. The van der Waals surface area contributed by atoms with Gasteiger partial charge in [-0.25, -0.2) is 4.79 Å². The number of esters is 2. The molecule has 0 spiro atoms. The lowest BCUT2D eigenvalue weighted by Gasteiger charge is -2.29. The molecule has 4 nitrogen and oxygen atoms in total. The highest BCUT2D eigenvalue weighted by Gasteiger charge is 2.32. The normalized spacial score (nSPS) is 21.9. The zero-order valence-electron chi connectivity index (χ0n) is 13.5. The van der Waals surface area contributed by atoms with Gasteiger partial charge in [0, 0.05) is 11.5 Å². The van der Waals surface area contributed by atoms with E-state index in [1.165, 1.54) is 0 Å². The van der Waals surface area contributed by atoms with Gasteiger partial charge in [0.1, 0.15) is 6.61 Å². The summed E-state index contributed by atoms with van der Waals surface area (Å²) >= 11 is 0. The Kier molecular flexibility index (Phi) is 8.26. The summed E-state index contributed by atoms with van der Waals surface area (Å²) in [5.74, 6) is -0.723. The minimum atomic E-state index is -0.396. The van der Waals surface area contributed by atoms with Gasteiger partial charge in [-0.2, -0.15) is 0 Å². The van der Waals surface area contributed by atoms with Crippen LogP contribution in [-0.4, -0.2) is 25.2 Å². The summed E-state index contributed by atoms with van der Waals surface area (Å²) in [5.41, 5.74) is 0.379. The fraction of sp³-hybridized carbons (Fsp3) is 0.556. The van der Waals surface area contributed by atoms with Crippen molar-refractivity contribution < 1.29 is 19.1 Å². The molecule has 0 unspecified atom stereocenters. The fourth-order valence-corrected chi connectivity index (χ4v) is 2.51. The van der Waals surface area contributed by atoms with Crippen LogP contribution in [-0.2, 0) is 19.1 Å². The van der Waals surface area contributed by atoms with Gasteiger partial charge < -0.3 is 9.47 Å². The maximum absolute atomic E-state index is 12.2. The highest BCUT2D eigenvalue weighted by atomic mass is 16.5. The highest BCUT2D eigenvalue weighted by molar-refractivity contribution is 5.86. The van der Waals surface area contributed by atoms with E-state index < -0.39 is 5.97 Å². The van der Waals surface area contributed by atoms with Crippen LogP contribution < -0.4 is 0 Å². The quantitative estimate of drug-likeness (QED) is 0.410. The van der Waals surface area contributed by atoms with Crippen molar-refractivity contribution in [3.05, 3.63) is 36.5 Å². The summed E-state index contributed by atoms with van der Waals surface area (Å²) in [6.07, 6.45) is 11.2. The molecule has 0 N–H and O–H groups in total. The van der Waals surface area contributed by atoms with Gasteiger partial charge in [0.05, 0.1) is 12.5 Å². The number of allylic oxidation sites excluding steroid dienone is 3. The average Bonchev–Trinajstić information content (AvgIpc) is 2.52. The lowest BCUT2D eigenvalue weighted by Crippen LogP contribution is -2.32. The summed E-state index contributed by atoms with van der Waals surface area (Å²) in [6, 6.07) is 0. The van der Waals surface area contributed by atoms with Gasteiger partial charge in [-0.3, -0.25) is 4.79 Å². The number of hydrogen-bond acceptors (Lipinski definition) is 4. The third kappa shape index (κ3) is 6.29. The van der Waals surface area contributed by atoms with Gasteiger partial charge >= 0.3 is 11.9 Å². The molecule has 0 heterocycles. The van der Waals surface area contributed by atoms with Crippen molar-refractivity contribution in [1.29, 1.82) is 0 Å². The highest BCUT2D eigenvalue weighted by Crippen LogP contribution is 2.31. The number of rotatable bonds is 7. The Morgan fingerprint density at radius 2 is 1.91 bits per heavy atom. The van der Waals surface area contributed by atoms with E-state index in [0.29, 0.717) is 5.57 Å². The molecule has 0 aromatic carbocycles. The maximum Gasteiger partial charge on any atom is 0.333 e. The van der Waals surface area contributed by atoms with Crippen molar-refractivity contribution in [3.8, 4) is 0 Å². The first-order valence-electron chi connectivity index (χ1n) is 7.83. The van der Waals surface area contributed by atoms with E-state index in [1.54, 1.807) is 13.0 Å². The van der Waals surface area contributed by atoms with Crippen LogP contribution in [0.2, 0.25) is 0 Å². The molecule has 122 valence electrons. The molecule has 0 radical (unpaired) electrons. The number of carbonyl (C=O) groups excluding carboxylic acids is 2. The topological polar surface area (TPSA) is 52.6 Å². The Morgan fingerprint density at radius 1 is 1.18 bits per heavy atom. The van der Waals surface area contributed by atoms with Crippen molar-refractivity contribution in [2.75, 3.05) is 13.2 Å². The second kappa shape index (κ2) is 9.98. The van der Waals surface area contributed by atoms with E-state index in [0.717, 1.165) is 25.7 Å². The van der Waals surface area contributed by atoms with E-state index in [1.807, 2.05) is 25.2 Å². The Balaban J connectivity index is 2.47. The van der Waals surface area contributed by atoms with Crippen LogP contribution >= 0.6 is 0 Å². The van der Waals surface area contributed by atoms with Gasteiger partial charge in [-0.15, -0.1) is 0 Å². The van der Waals surface area contributed by atoms with Gasteiger partial charge in [0.15, 0.2) is 0 Å². The van der Waals surface area contributed by atoms with Crippen LogP contribution in [0.1, 0.15) is 39.5 Å². The molecule has 2 atom stereocenters. The second-order valence-corrected chi connectivity index (χ2v) is 5.61. The third-order valence-electron chi connectivity index (χ3n) is 3.75. The molecule has 0 aromatic heterocycles. The molecule has 0 bridgehead atoms. The number of carbonyl (C=O) groups is 2. The lowest BCUT2D eigenvalue weighted by molar-refractivity contribution is -0.154. The number of ether oxygens (including phenoxy) is 2. The van der Waals surface area contributed by atoms with Crippen molar-refractivity contribution in [3.63, 3.8) is 0 Å². The van der Waals surface area contributed by atoms with Crippen molar-refractivity contribution in [2.24, 2.45) is 11.8 Å². The first-order valence-corrected chi connectivity index (χ1v) is 7.83. The molecule has 1 saturated carbocycles. The SMILES string of the molecule is C=C(C)C(=O)OC[C@@H]1CCCC[C@H]1C(=O)OC/C=C/C=C/C. The van der Waals surface area contributed by atoms with Gasteiger partial charge in [0.25, 0.3) is 0 Å². The smallest absolute Gasteiger partial charge is 0.333 e. The zero-order valence-corrected chi connectivity index (χ0v) is 13.5. The summed E-state index contributed by atoms with van der Waals surface area (Å²) in [7, 11) is 0. The van der Waals surface area contributed by atoms with Crippen LogP contribution in [0.25, 0.3) is 0 Å². The van der Waals surface area contributed by atoms with E-state index in [9.17, 15) is 9.59 Å². The molecular formula is C18H26O4. The van der Waals surface area contributed by atoms with Gasteiger partial charge in [0.2, 0.25) is 0 Å². The molecule has 4 heteroatoms. The summed E-state index contributed by atoms with van der Waals surface area (Å²) < 4.78 is 10.5. The molecule has 0 saturated heterocycles. The number of hydrogen-bond donors (Lipinski definition) is 0. The molecule has 1 aliphatic rings. The molecule has 22 heavy (non-hydrogen) atoms. The Labute approximate surface area is 132 Å². The Morgan fingerprint density at radius 3 is 2.59 bits per heavy atom. The van der Waals surface area contributed by atoms with Crippen LogP contribution in [0.4, 0.5) is 0 Å². The maximum atomic E-state index is 12.2. The first-order chi connectivity index (χ1) is 10.6. The fourth-order valence-electron chi connectivity index (χ4n) is 2.51. The monoisotopic (exact) mass is 306 g/mol. The van der Waals surface area contributed by atoms with Gasteiger partial charge in [-0.1, -0.05) is 37.6 Å². The first kappa shape index (κ1) is 18.2. The largest absolute Gasteiger partial charge is 0.462 e. The minimum absolute atomic E-state index is 0.0454. The van der Waals surface area contributed by atoms with Crippen LogP contribution in [0.5, 0.6) is 0 Å². The van der Waals surface area contributed by atoms with Crippen LogP contribution in [0.3, 0.4) is 0 Å². The second-order valence-electron chi connectivity index (χ2n) is 5.61. The Bertz CT molecular complexity index is 448. The van der Waals surface area contributed by atoms with E-state index in [4.69, 9.17) is 9.47 Å². The van der Waals surface area contributed by atoms with E-state index in [2.05, 4.69) is 6.58 Å². The molecule has 0 aromatic rings. The molecular weight excluding hydrogens is 280 g/mol. The van der Waals surface area contributed by atoms with Crippen molar-refractivity contribution in [1.82, 2.24) is 0 Å². The Hall–Kier alpha value is -1.84.